The third-order valence-electron chi connectivity index (χ3n) is 3.97. The van der Waals surface area contributed by atoms with E-state index in [0.29, 0.717) is 36.5 Å². The minimum atomic E-state index is -0.148. The monoisotopic (exact) mass is 295 g/mol. The first-order valence-electron chi connectivity index (χ1n) is 7.02. The van der Waals surface area contributed by atoms with Gasteiger partial charge >= 0.3 is 0 Å². The number of carbonyl (C=O) groups is 1. The van der Waals surface area contributed by atoms with Crippen LogP contribution in [0.2, 0.25) is 0 Å². The molecule has 0 atom stereocenters. The summed E-state index contributed by atoms with van der Waals surface area (Å²) in [7, 11) is 0. The number of amides is 1. The first-order valence-corrected chi connectivity index (χ1v) is 7.02. The highest BCUT2D eigenvalue weighted by atomic mass is 16.2. The van der Waals surface area contributed by atoms with Crippen LogP contribution in [-0.4, -0.2) is 37.5 Å². The van der Waals surface area contributed by atoms with Crippen LogP contribution in [0.4, 0.5) is 0 Å². The van der Waals surface area contributed by atoms with E-state index < -0.39 is 0 Å². The molecule has 0 aliphatic carbocycles. The Bertz CT molecular complexity index is 927. The van der Waals surface area contributed by atoms with Gasteiger partial charge in [-0.25, -0.2) is 4.98 Å². The number of benzene rings is 1. The summed E-state index contributed by atoms with van der Waals surface area (Å²) >= 11 is 0. The lowest BCUT2D eigenvalue weighted by Gasteiger charge is -2.26. The summed E-state index contributed by atoms with van der Waals surface area (Å²) in [5.74, 6) is -0.148. The molecule has 2 aromatic heterocycles. The van der Waals surface area contributed by atoms with Crippen LogP contribution in [0.25, 0.3) is 10.9 Å². The molecule has 4 rings (SSSR count). The topological polar surface area (TPSA) is 94.7 Å². The summed E-state index contributed by atoms with van der Waals surface area (Å²) in [5, 5.41) is 7.81. The summed E-state index contributed by atoms with van der Waals surface area (Å²) < 4.78 is 0. The number of hydrogen-bond donors (Lipinski definition) is 2. The molecule has 2 N–H and O–H groups in total. The van der Waals surface area contributed by atoms with Crippen LogP contribution < -0.4 is 5.56 Å². The quantitative estimate of drug-likeness (QED) is 0.695. The van der Waals surface area contributed by atoms with Gasteiger partial charge in [0.15, 0.2) is 5.69 Å². The maximum absolute atomic E-state index is 12.7. The number of nitrogens with zero attached hydrogens (tertiary/aromatic N) is 3. The molecule has 0 radical (unpaired) electrons. The number of fused-ring (bicyclic) bond motifs is 2. The van der Waals surface area contributed by atoms with E-state index in [4.69, 9.17) is 0 Å². The van der Waals surface area contributed by atoms with Gasteiger partial charge in [0.05, 0.1) is 24.1 Å². The Morgan fingerprint density at radius 3 is 3.05 bits per heavy atom. The number of carbonyl (C=O) groups excluding carboxylic acids is 1. The fourth-order valence-corrected chi connectivity index (χ4v) is 2.82. The number of rotatable bonds is 1. The normalized spacial score (nSPS) is 14.1. The van der Waals surface area contributed by atoms with Gasteiger partial charge in [-0.05, 0) is 12.5 Å². The van der Waals surface area contributed by atoms with Gasteiger partial charge in [-0.15, -0.1) is 0 Å². The van der Waals surface area contributed by atoms with Crippen molar-refractivity contribution < 1.29 is 4.79 Å². The second-order valence-corrected chi connectivity index (χ2v) is 5.25. The fourth-order valence-electron chi connectivity index (χ4n) is 2.82. The number of nitrogens with one attached hydrogen (secondary N) is 2. The first kappa shape index (κ1) is 12.8. The zero-order chi connectivity index (χ0) is 15.1. The van der Waals surface area contributed by atoms with Crippen molar-refractivity contribution >= 4 is 16.8 Å². The second-order valence-electron chi connectivity index (χ2n) is 5.25. The molecular weight excluding hydrogens is 282 g/mol. The van der Waals surface area contributed by atoms with E-state index in [0.717, 1.165) is 10.9 Å². The summed E-state index contributed by atoms with van der Waals surface area (Å²) in [5.41, 5.74) is 2.44. The van der Waals surface area contributed by atoms with Crippen molar-refractivity contribution in [1.82, 2.24) is 25.1 Å². The van der Waals surface area contributed by atoms with Crippen molar-refractivity contribution in [2.24, 2.45) is 0 Å². The standard InChI is InChI=1S/C15H13N5O2/c21-14-10-5-6-20(7-12(10)16-8-17-14)15(22)13-9-3-1-2-4-11(9)18-19-13/h1-4,8H,5-7H2,(H,18,19)(H,16,17,21). The Labute approximate surface area is 125 Å². The molecular formula is C15H13N5O2. The van der Waals surface area contributed by atoms with Crippen LogP contribution in [0.1, 0.15) is 21.7 Å². The third-order valence-corrected chi connectivity index (χ3v) is 3.97. The molecule has 3 heterocycles. The predicted molar refractivity (Wildman–Crippen MR) is 79.4 cm³/mol. The van der Waals surface area contributed by atoms with Gasteiger partial charge in [-0.1, -0.05) is 18.2 Å². The lowest BCUT2D eigenvalue weighted by atomic mass is 10.1. The molecule has 0 saturated heterocycles. The van der Waals surface area contributed by atoms with E-state index in [1.807, 2.05) is 24.3 Å². The van der Waals surface area contributed by atoms with E-state index in [-0.39, 0.29) is 11.5 Å². The first-order chi connectivity index (χ1) is 10.7. The van der Waals surface area contributed by atoms with Gasteiger partial charge < -0.3 is 9.88 Å². The van der Waals surface area contributed by atoms with Crippen LogP contribution in [-0.2, 0) is 13.0 Å². The molecule has 110 valence electrons. The number of para-hydroxylation sites is 1. The Hall–Kier alpha value is -2.96. The third kappa shape index (κ3) is 1.90. The zero-order valence-electron chi connectivity index (χ0n) is 11.7. The van der Waals surface area contributed by atoms with E-state index in [2.05, 4.69) is 20.2 Å². The number of aromatic nitrogens is 4. The van der Waals surface area contributed by atoms with Crippen molar-refractivity contribution in [1.29, 1.82) is 0 Å². The van der Waals surface area contributed by atoms with Gasteiger partial charge in [-0.3, -0.25) is 14.7 Å². The average molecular weight is 295 g/mol. The van der Waals surface area contributed by atoms with E-state index in [1.165, 1.54) is 6.33 Å². The highest BCUT2D eigenvalue weighted by Gasteiger charge is 2.26. The molecule has 0 spiro atoms. The summed E-state index contributed by atoms with van der Waals surface area (Å²) in [6, 6.07) is 7.52. The molecule has 3 aromatic rings. The smallest absolute Gasteiger partial charge is 0.275 e. The Kier molecular flexibility index (Phi) is 2.78. The van der Waals surface area contributed by atoms with E-state index in [9.17, 15) is 9.59 Å². The maximum Gasteiger partial charge on any atom is 0.275 e. The molecule has 22 heavy (non-hydrogen) atoms. The second kappa shape index (κ2) is 4.80. The SMILES string of the molecule is O=C(c1n[nH]c2ccccc12)N1CCc2c(nc[nH]c2=O)C1. The van der Waals surface area contributed by atoms with Gasteiger partial charge in [-0.2, -0.15) is 5.10 Å². The number of aromatic amines is 2. The van der Waals surface area contributed by atoms with Crippen molar-refractivity contribution in [3.05, 3.63) is 57.9 Å². The summed E-state index contributed by atoms with van der Waals surface area (Å²) in [6.45, 7) is 0.821. The number of H-pyrrole nitrogens is 2. The molecule has 7 nitrogen and oxygen atoms in total. The number of hydrogen-bond acceptors (Lipinski definition) is 4. The molecule has 0 fully saturated rings. The highest BCUT2D eigenvalue weighted by molar-refractivity contribution is 6.04. The molecule has 0 saturated carbocycles. The van der Waals surface area contributed by atoms with Crippen LogP contribution >= 0.6 is 0 Å². The van der Waals surface area contributed by atoms with Crippen LogP contribution in [0.15, 0.2) is 35.4 Å². The minimum absolute atomic E-state index is 0.123. The van der Waals surface area contributed by atoms with Crippen LogP contribution in [0, 0.1) is 0 Å². The molecule has 7 heteroatoms. The molecule has 0 unspecified atom stereocenters. The van der Waals surface area contributed by atoms with Crippen molar-refractivity contribution in [3.63, 3.8) is 0 Å². The summed E-state index contributed by atoms with van der Waals surface area (Å²) in [4.78, 5) is 32.9. The average Bonchev–Trinajstić information content (AvgIpc) is 2.98. The van der Waals surface area contributed by atoms with E-state index in [1.54, 1.807) is 4.90 Å². The van der Waals surface area contributed by atoms with Crippen LogP contribution in [0.5, 0.6) is 0 Å². The molecule has 1 aliphatic heterocycles. The Balaban J connectivity index is 1.69. The highest BCUT2D eigenvalue weighted by Crippen LogP contribution is 2.20. The molecule has 0 bridgehead atoms. The molecule has 1 aromatic carbocycles. The van der Waals surface area contributed by atoms with E-state index >= 15 is 0 Å². The summed E-state index contributed by atoms with van der Waals surface area (Å²) in [6.07, 6.45) is 1.88. The van der Waals surface area contributed by atoms with Gasteiger partial charge in [0.2, 0.25) is 0 Å². The Morgan fingerprint density at radius 2 is 2.14 bits per heavy atom. The lowest BCUT2D eigenvalue weighted by Crippen LogP contribution is -2.39. The predicted octanol–water partition coefficient (Wildman–Crippen LogP) is 0.845. The van der Waals surface area contributed by atoms with Crippen molar-refractivity contribution in [3.8, 4) is 0 Å². The van der Waals surface area contributed by atoms with Gasteiger partial charge in [0.1, 0.15) is 0 Å². The minimum Gasteiger partial charge on any atom is -0.331 e. The van der Waals surface area contributed by atoms with Crippen molar-refractivity contribution in [2.45, 2.75) is 13.0 Å². The van der Waals surface area contributed by atoms with Gasteiger partial charge in [0, 0.05) is 17.5 Å². The largest absolute Gasteiger partial charge is 0.331 e. The van der Waals surface area contributed by atoms with Crippen molar-refractivity contribution in [2.75, 3.05) is 6.54 Å². The fraction of sp³-hybridized carbons (Fsp3) is 0.200. The lowest BCUT2D eigenvalue weighted by molar-refractivity contribution is 0.0727. The molecule has 1 amide bonds. The molecule has 1 aliphatic rings. The maximum atomic E-state index is 12.7. The van der Waals surface area contributed by atoms with Crippen LogP contribution in [0.3, 0.4) is 0 Å². The Morgan fingerprint density at radius 1 is 1.27 bits per heavy atom. The zero-order valence-corrected chi connectivity index (χ0v) is 11.7. The van der Waals surface area contributed by atoms with Gasteiger partial charge in [0.25, 0.3) is 11.5 Å².